The largest absolute Gasteiger partial charge is 0.507 e. The molecule has 0 bridgehead atoms. The molecule has 2 aromatic rings. The summed E-state index contributed by atoms with van der Waals surface area (Å²) in [5, 5.41) is 19.6. The quantitative estimate of drug-likeness (QED) is 0.636. The molecule has 0 amide bonds. The molecule has 0 radical (unpaired) electrons. The lowest BCUT2D eigenvalue weighted by molar-refractivity contribution is -0.141. The number of hydrogen-bond donors (Lipinski definition) is 2. The maximum absolute atomic E-state index is 13.0. The number of esters is 1. The molecule has 0 unspecified atom stereocenters. The number of rotatable bonds is 8. The van der Waals surface area contributed by atoms with Crippen LogP contribution in [0.1, 0.15) is 29.2 Å². The number of carboxylic acids is 1. The molecule has 1 heterocycles. The van der Waals surface area contributed by atoms with E-state index in [1.165, 1.54) is 34.3 Å². The number of carbonyl (C=O) groups excluding carboxylic acids is 1. The summed E-state index contributed by atoms with van der Waals surface area (Å²) >= 11 is 0. The van der Waals surface area contributed by atoms with E-state index >= 15 is 0 Å². The van der Waals surface area contributed by atoms with Gasteiger partial charge in [-0.15, -0.1) is 0 Å². The standard InChI is InChI=1S/C20H23NO8/c1-11-7-14(22)19(20(26)21(11)10-17(23)24)13(9-18(25)29-4)12-5-6-15(27-2)16(8-12)28-3/h5-8,13,22H,9-10H2,1-4H3,(H,23,24)/t13-/m0/s1. The lowest BCUT2D eigenvalue weighted by Gasteiger charge is -2.21. The predicted octanol–water partition coefficient (Wildman–Crippen LogP) is 1.66. The molecule has 0 aliphatic carbocycles. The molecule has 0 fully saturated rings. The lowest BCUT2D eigenvalue weighted by Crippen LogP contribution is -2.30. The number of ether oxygens (including phenoxy) is 3. The zero-order valence-electron chi connectivity index (χ0n) is 16.6. The van der Waals surface area contributed by atoms with Gasteiger partial charge in [0, 0.05) is 11.6 Å². The molecule has 1 atom stereocenters. The van der Waals surface area contributed by atoms with Gasteiger partial charge in [0.15, 0.2) is 11.5 Å². The summed E-state index contributed by atoms with van der Waals surface area (Å²) in [6.45, 7) is 0.939. The van der Waals surface area contributed by atoms with Gasteiger partial charge in [-0.3, -0.25) is 14.4 Å². The van der Waals surface area contributed by atoms with Crippen LogP contribution in [0.3, 0.4) is 0 Å². The number of carboxylic acid groups (broad SMARTS) is 1. The van der Waals surface area contributed by atoms with Gasteiger partial charge in [-0.25, -0.2) is 0 Å². The van der Waals surface area contributed by atoms with Crippen molar-refractivity contribution in [3.8, 4) is 17.2 Å². The van der Waals surface area contributed by atoms with Gasteiger partial charge in [0.2, 0.25) is 0 Å². The second-order valence-corrected chi connectivity index (χ2v) is 6.32. The number of methoxy groups -OCH3 is 3. The van der Waals surface area contributed by atoms with Crippen LogP contribution in [0.5, 0.6) is 17.2 Å². The van der Waals surface area contributed by atoms with Crippen molar-refractivity contribution in [3.63, 3.8) is 0 Å². The number of carbonyl (C=O) groups is 2. The highest BCUT2D eigenvalue weighted by atomic mass is 16.5. The Kier molecular flexibility index (Phi) is 6.87. The Hall–Kier alpha value is -3.49. The van der Waals surface area contributed by atoms with E-state index in [1.54, 1.807) is 18.2 Å². The number of aromatic nitrogens is 1. The first-order valence-corrected chi connectivity index (χ1v) is 8.67. The zero-order chi connectivity index (χ0) is 21.7. The molecule has 1 aromatic heterocycles. The lowest BCUT2D eigenvalue weighted by atomic mass is 9.88. The Labute approximate surface area is 167 Å². The summed E-state index contributed by atoms with van der Waals surface area (Å²) in [4.78, 5) is 36.2. The maximum Gasteiger partial charge on any atom is 0.323 e. The van der Waals surface area contributed by atoms with Crippen LogP contribution in [0.4, 0.5) is 0 Å². The number of aliphatic carboxylic acids is 1. The Morgan fingerprint density at radius 2 is 1.76 bits per heavy atom. The number of aromatic hydroxyl groups is 1. The smallest absolute Gasteiger partial charge is 0.323 e. The molecule has 0 spiro atoms. The van der Waals surface area contributed by atoms with Crippen molar-refractivity contribution in [1.82, 2.24) is 4.57 Å². The molecule has 9 heteroatoms. The SMILES string of the molecule is COC(=O)C[C@@H](c1ccc(OC)c(OC)c1)c1c(O)cc(C)n(CC(=O)O)c1=O. The first kappa shape index (κ1) is 21.8. The van der Waals surface area contributed by atoms with Gasteiger partial charge in [0.05, 0.1) is 33.3 Å². The monoisotopic (exact) mass is 405 g/mol. The minimum Gasteiger partial charge on any atom is -0.507 e. The third kappa shape index (κ3) is 4.68. The van der Waals surface area contributed by atoms with Crippen LogP contribution in [0.2, 0.25) is 0 Å². The summed E-state index contributed by atoms with van der Waals surface area (Å²) in [6.07, 6.45) is -0.245. The van der Waals surface area contributed by atoms with Crippen LogP contribution in [0.25, 0.3) is 0 Å². The van der Waals surface area contributed by atoms with Crippen molar-refractivity contribution >= 4 is 11.9 Å². The van der Waals surface area contributed by atoms with E-state index in [2.05, 4.69) is 0 Å². The first-order valence-electron chi connectivity index (χ1n) is 8.67. The molecule has 0 aliphatic heterocycles. The fraction of sp³-hybridized carbons (Fsp3) is 0.350. The van der Waals surface area contributed by atoms with Crippen molar-refractivity contribution < 1.29 is 34.0 Å². The third-order valence-electron chi connectivity index (χ3n) is 4.57. The van der Waals surface area contributed by atoms with Crippen molar-refractivity contribution in [1.29, 1.82) is 0 Å². The van der Waals surface area contributed by atoms with Gasteiger partial charge < -0.3 is 29.0 Å². The van der Waals surface area contributed by atoms with E-state index < -0.39 is 30.0 Å². The van der Waals surface area contributed by atoms with Crippen LogP contribution in [-0.4, -0.2) is 48.0 Å². The Morgan fingerprint density at radius 1 is 1.10 bits per heavy atom. The van der Waals surface area contributed by atoms with Crippen molar-refractivity contribution in [2.75, 3.05) is 21.3 Å². The Morgan fingerprint density at radius 3 is 2.31 bits per heavy atom. The molecule has 29 heavy (non-hydrogen) atoms. The van der Waals surface area contributed by atoms with E-state index in [4.69, 9.17) is 19.3 Å². The Bertz CT molecular complexity index is 979. The normalized spacial score (nSPS) is 11.6. The van der Waals surface area contributed by atoms with E-state index in [-0.39, 0.29) is 23.4 Å². The highest BCUT2D eigenvalue weighted by Gasteiger charge is 2.27. The minimum atomic E-state index is -1.21. The van der Waals surface area contributed by atoms with Gasteiger partial charge in [-0.1, -0.05) is 6.07 Å². The van der Waals surface area contributed by atoms with Crippen LogP contribution < -0.4 is 15.0 Å². The maximum atomic E-state index is 13.0. The molecule has 0 saturated heterocycles. The topological polar surface area (TPSA) is 124 Å². The number of nitrogens with zero attached hydrogens (tertiary/aromatic N) is 1. The molecule has 1 aromatic carbocycles. The van der Waals surface area contributed by atoms with E-state index in [9.17, 15) is 19.5 Å². The summed E-state index contributed by atoms with van der Waals surface area (Å²) in [5.74, 6) is -2.22. The number of hydrogen-bond acceptors (Lipinski definition) is 7. The van der Waals surface area contributed by atoms with Crippen LogP contribution >= 0.6 is 0 Å². The predicted molar refractivity (Wildman–Crippen MR) is 103 cm³/mol. The first-order chi connectivity index (χ1) is 13.7. The second-order valence-electron chi connectivity index (χ2n) is 6.32. The Balaban J connectivity index is 2.73. The van der Waals surface area contributed by atoms with Crippen LogP contribution in [-0.2, 0) is 20.9 Å². The molecule has 0 aliphatic rings. The fourth-order valence-electron chi connectivity index (χ4n) is 3.13. The minimum absolute atomic E-state index is 0.102. The molecule has 9 nitrogen and oxygen atoms in total. The second kappa shape index (κ2) is 9.13. The van der Waals surface area contributed by atoms with Crippen LogP contribution in [0, 0.1) is 6.92 Å². The molecular formula is C20H23NO8. The summed E-state index contributed by atoms with van der Waals surface area (Å²) in [5.41, 5.74) is -0.0305. The molecule has 0 saturated carbocycles. The summed E-state index contributed by atoms with van der Waals surface area (Å²) in [6, 6.07) is 6.13. The number of pyridine rings is 1. The van der Waals surface area contributed by atoms with Crippen LogP contribution in [0.15, 0.2) is 29.1 Å². The van der Waals surface area contributed by atoms with E-state index in [0.29, 0.717) is 17.1 Å². The number of benzene rings is 1. The molecular weight excluding hydrogens is 382 g/mol. The van der Waals surface area contributed by atoms with Gasteiger partial charge in [-0.2, -0.15) is 0 Å². The van der Waals surface area contributed by atoms with Gasteiger partial charge in [0.25, 0.3) is 5.56 Å². The van der Waals surface area contributed by atoms with Gasteiger partial charge >= 0.3 is 11.9 Å². The average molecular weight is 405 g/mol. The van der Waals surface area contributed by atoms with Crippen molar-refractivity contribution in [3.05, 3.63) is 51.4 Å². The van der Waals surface area contributed by atoms with E-state index in [0.717, 1.165) is 4.57 Å². The summed E-state index contributed by atoms with van der Waals surface area (Å²) < 4.78 is 16.3. The molecule has 2 N–H and O–H groups in total. The molecule has 2 rings (SSSR count). The molecule has 156 valence electrons. The highest BCUT2D eigenvalue weighted by Crippen LogP contribution is 2.37. The van der Waals surface area contributed by atoms with E-state index in [1.807, 2.05) is 0 Å². The summed E-state index contributed by atoms with van der Waals surface area (Å²) in [7, 11) is 4.13. The van der Waals surface area contributed by atoms with Gasteiger partial charge in [-0.05, 0) is 30.7 Å². The third-order valence-corrected chi connectivity index (χ3v) is 4.57. The fourth-order valence-corrected chi connectivity index (χ4v) is 3.13. The zero-order valence-corrected chi connectivity index (χ0v) is 16.6. The van der Waals surface area contributed by atoms with Gasteiger partial charge in [0.1, 0.15) is 12.3 Å². The average Bonchev–Trinajstić information content (AvgIpc) is 2.69. The van der Waals surface area contributed by atoms with Crippen molar-refractivity contribution in [2.45, 2.75) is 25.8 Å². The highest BCUT2D eigenvalue weighted by molar-refractivity contribution is 5.72. The van der Waals surface area contributed by atoms with Crippen molar-refractivity contribution in [2.24, 2.45) is 0 Å². The number of aryl methyl sites for hydroxylation is 1.